The molecule has 1 aromatic rings. The molecule has 0 aromatic heterocycles. The molecule has 1 N–H and O–H groups in total. The van der Waals surface area contributed by atoms with Gasteiger partial charge in [0, 0.05) is 25.2 Å². The maximum absolute atomic E-state index is 12.5. The van der Waals surface area contributed by atoms with Crippen molar-refractivity contribution in [3.05, 3.63) is 29.3 Å². The van der Waals surface area contributed by atoms with Crippen molar-refractivity contribution in [2.24, 2.45) is 0 Å². The topological polar surface area (TPSA) is 50.8 Å². The second-order valence-electron chi connectivity index (χ2n) is 6.58. The van der Waals surface area contributed by atoms with Crippen LogP contribution in [-0.4, -0.2) is 43.3 Å². The second kappa shape index (κ2) is 6.57. The van der Waals surface area contributed by atoms with Crippen LogP contribution in [0.25, 0.3) is 0 Å². The Balaban J connectivity index is 2.33. The van der Waals surface area contributed by atoms with Gasteiger partial charge in [-0.2, -0.15) is 0 Å². The number of aryl methyl sites for hydroxylation is 1. The number of hydrogen-bond donors (Lipinski definition) is 1. The molecule has 22 heavy (non-hydrogen) atoms. The average Bonchev–Trinajstić information content (AvgIpc) is 2.45. The summed E-state index contributed by atoms with van der Waals surface area (Å²) in [5.74, 6) is 0.808. The van der Waals surface area contributed by atoms with Gasteiger partial charge in [-0.1, -0.05) is 12.1 Å². The Hall–Kier alpha value is -1.75. The molecular weight excluding hydrogens is 280 g/mol. The second-order valence-corrected chi connectivity index (χ2v) is 6.58. The molecule has 1 heterocycles. The minimum Gasteiger partial charge on any atom is -0.496 e. The molecule has 5 heteroatoms. The number of carbonyl (C=O) groups excluding carboxylic acids is 1. The fourth-order valence-corrected chi connectivity index (χ4v) is 2.76. The van der Waals surface area contributed by atoms with Crippen molar-refractivity contribution in [3.63, 3.8) is 0 Å². The van der Waals surface area contributed by atoms with E-state index in [9.17, 15) is 4.79 Å². The zero-order valence-corrected chi connectivity index (χ0v) is 14.1. The van der Waals surface area contributed by atoms with Crippen molar-refractivity contribution in [1.29, 1.82) is 0 Å². The number of ether oxygens (including phenoxy) is 2. The summed E-state index contributed by atoms with van der Waals surface area (Å²) in [7, 11) is 1.66. The van der Waals surface area contributed by atoms with Crippen LogP contribution >= 0.6 is 0 Å². The summed E-state index contributed by atoms with van der Waals surface area (Å²) in [5, 5.41) is 3.35. The Bertz CT molecular complexity index is 537. The van der Waals surface area contributed by atoms with Crippen LogP contribution in [0.1, 0.15) is 37.9 Å². The van der Waals surface area contributed by atoms with Gasteiger partial charge in [-0.3, -0.25) is 4.90 Å². The molecular formula is C17H26N2O3. The third-order valence-corrected chi connectivity index (χ3v) is 3.71. The number of nitrogens with zero attached hydrogens (tertiary/aromatic N) is 1. The zero-order valence-electron chi connectivity index (χ0n) is 14.1. The minimum absolute atomic E-state index is 0.0836. The lowest BCUT2D eigenvalue weighted by molar-refractivity contribution is 0.0115. The number of piperazine rings is 1. The predicted octanol–water partition coefficient (Wildman–Crippen LogP) is 2.89. The standard InChI is InChI=1S/C17H26N2O3/c1-12-7-6-8-14(21-5)15(12)13-11-18-9-10-19(13)16(20)22-17(2,3)4/h6-8,13,18H,9-11H2,1-5H3. The van der Waals surface area contributed by atoms with Crippen LogP contribution in [0.15, 0.2) is 18.2 Å². The Morgan fingerprint density at radius 1 is 1.36 bits per heavy atom. The van der Waals surface area contributed by atoms with E-state index in [1.165, 1.54) is 0 Å². The van der Waals surface area contributed by atoms with Gasteiger partial charge in [0.1, 0.15) is 11.4 Å². The average molecular weight is 306 g/mol. The summed E-state index contributed by atoms with van der Waals surface area (Å²) in [6.07, 6.45) is -0.274. The van der Waals surface area contributed by atoms with E-state index in [0.29, 0.717) is 13.1 Å². The van der Waals surface area contributed by atoms with Crippen molar-refractivity contribution in [1.82, 2.24) is 10.2 Å². The van der Waals surface area contributed by atoms with E-state index in [0.717, 1.165) is 23.4 Å². The molecule has 1 fully saturated rings. The number of rotatable bonds is 2. The number of hydrogen-bond acceptors (Lipinski definition) is 4. The van der Waals surface area contributed by atoms with Gasteiger partial charge >= 0.3 is 6.09 Å². The number of methoxy groups -OCH3 is 1. The molecule has 5 nitrogen and oxygen atoms in total. The van der Waals surface area contributed by atoms with E-state index in [4.69, 9.17) is 9.47 Å². The number of amides is 1. The highest BCUT2D eigenvalue weighted by Crippen LogP contribution is 2.33. The lowest BCUT2D eigenvalue weighted by Gasteiger charge is -2.38. The number of benzene rings is 1. The molecule has 0 radical (unpaired) electrons. The SMILES string of the molecule is COc1cccc(C)c1C1CNCCN1C(=O)OC(C)(C)C. The Morgan fingerprint density at radius 2 is 2.09 bits per heavy atom. The molecule has 0 spiro atoms. The first-order chi connectivity index (χ1) is 10.3. The Labute approximate surface area is 132 Å². The van der Waals surface area contributed by atoms with Crippen LogP contribution in [0.3, 0.4) is 0 Å². The van der Waals surface area contributed by atoms with E-state index in [1.807, 2.05) is 45.9 Å². The third-order valence-electron chi connectivity index (χ3n) is 3.71. The normalized spacial score (nSPS) is 19.0. The van der Waals surface area contributed by atoms with Gasteiger partial charge in [-0.15, -0.1) is 0 Å². The van der Waals surface area contributed by atoms with E-state index in [-0.39, 0.29) is 12.1 Å². The molecule has 1 aliphatic heterocycles. The summed E-state index contributed by atoms with van der Waals surface area (Å²) < 4.78 is 11.1. The Kier molecular flexibility index (Phi) is 4.96. The first kappa shape index (κ1) is 16.6. The smallest absolute Gasteiger partial charge is 0.410 e. The molecule has 1 aromatic carbocycles. The highest BCUT2D eigenvalue weighted by molar-refractivity contribution is 5.69. The third kappa shape index (κ3) is 3.71. The summed E-state index contributed by atoms with van der Waals surface area (Å²) in [6, 6.07) is 5.86. The van der Waals surface area contributed by atoms with Crippen molar-refractivity contribution in [3.8, 4) is 5.75 Å². The van der Waals surface area contributed by atoms with E-state index in [1.54, 1.807) is 12.0 Å². The molecule has 0 bridgehead atoms. The van der Waals surface area contributed by atoms with Crippen LogP contribution in [-0.2, 0) is 4.74 Å². The van der Waals surface area contributed by atoms with Crippen molar-refractivity contribution >= 4 is 6.09 Å². The highest BCUT2D eigenvalue weighted by Gasteiger charge is 2.33. The fourth-order valence-electron chi connectivity index (χ4n) is 2.76. The maximum Gasteiger partial charge on any atom is 0.410 e. The van der Waals surface area contributed by atoms with Gasteiger partial charge in [0.15, 0.2) is 0 Å². The van der Waals surface area contributed by atoms with Crippen molar-refractivity contribution in [2.45, 2.75) is 39.3 Å². The first-order valence-corrected chi connectivity index (χ1v) is 7.67. The number of carbonyl (C=O) groups is 1. The van der Waals surface area contributed by atoms with Crippen LogP contribution in [0, 0.1) is 6.92 Å². The quantitative estimate of drug-likeness (QED) is 0.913. The Morgan fingerprint density at radius 3 is 2.73 bits per heavy atom. The summed E-state index contributed by atoms with van der Waals surface area (Å²) in [6.45, 7) is 9.78. The minimum atomic E-state index is -0.498. The molecule has 122 valence electrons. The molecule has 0 saturated carbocycles. The summed E-state index contributed by atoms with van der Waals surface area (Å²) >= 11 is 0. The predicted molar refractivity (Wildman–Crippen MR) is 86.3 cm³/mol. The fraction of sp³-hybridized carbons (Fsp3) is 0.588. The van der Waals surface area contributed by atoms with Crippen LogP contribution in [0.4, 0.5) is 4.79 Å². The monoisotopic (exact) mass is 306 g/mol. The molecule has 1 saturated heterocycles. The molecule has 1 aliphatic rings. The van der Waals surface area contributed by atoms with Gasteiger partial charge in [0.2, 0.25) is 0 Å². The largest absolute Gasteiger partial charge is 0.496 e. The molecule has 0 aliphatic carbocycles. The molecule has 1 atom stereocenters. The molecule has 2 rings (SSSR count). The summed E-state index contributed by atoms with van der Waals surface area (Å²) in [4.78, 5) is 14.3. The van der Waals surface area contributed by atoms with Gasteiger partial charge in [-0.25, -0.2) is 4.79 Å². The van der Waals surface area contributed by atoms with Crippen LogP contribution in [0.2, 0.25) is 0 Å². The van der Waals surface area contributed by atoms with Gasteiger partial charge in [0.05, 0.1) is 13.2 Å². The lowest BCUT2D eigenvalue weighted by atomic mass is 9.97. The van der Waals surface area contributed by atoms with Crippen molar-refractivity contribution in [2.75, 3.05) is 26.7 Å². The van der Waals surface area contributed by atoms with Crippen LogP contribution in [0.5, 0.6) is 5.75 Å². The van der Waals surface area contributed by atoms with Crippen molar-refractivity contribution < 1.29 is 14.3 Å². The first-order valence-electron chi connectivity index (χ1n) is 7.67. The van der Waals surface area contributed by atoms with Gasteiger partial charge in [-0.05, 0) is 39.3 Å². The van der Waals surface area contributed by atoms with Gasteiger partial charge < -0.3 is 14.8 Å². The zero-order chi connectivity index (χ0) is 16.3. The van der Waals surface area contributed by atoms with Crippen LogP contribution < -0.4 is 10.1 Å². The van der Waals surface area contributed by atoms with Gasteiger partial charge in [0.25, 0.3) is 0 Å². The lowest BCUT2D eigenvalue weighted by Crippen LogP contribution is -2.50. The maximum atomic E-state index is 12.5. The molecule has 1 unspecified atom stereocenters. The van der Waals surface area contributed by atoms with E-state index >= 15 is 0 Å². The van der Waals surface area contributed by atoms with E-state index in [2.05, 4.69) is 5.32 Å². The summed E-state index contributed by atoms with van der Waals surface area (Å²) in [5.41, 5.74) is 1.66. The highest BCUT2D eigenvalue weighted by atomic mass is 16.6. The number of nitrogens with one attached hydrogen (secondary N) is 1. The molecule has 1 amide bonds. The van der Waals surface area contributed by atoms with E-state index < -0.39 is 5.60 Å².